The van der Waals surface area contributed by atoms with Crippen LogP contribution >= 0.6 is 0 Å². The molecule has 0 rings (SSSR count). The number of ketones is 2. The molecule has 0 aliphatic heterocycles. The maximum atomic E-state index is 11.3. The highest BCUT2D eigenvalue weighted by Gasteiger charge is 2.31. The lowest BCUT2D eigenvalue weighted by molar-refractivity contribution is -0.124. The van der Waals surface area contributed by atoms with E-state index in [1.54, 1.807) is 13.8 Å². The lowest BCUT2D eigenvalue weighted by Crippen LogP contribution is -2.55. The molecule has 0 aliphatic carbocycles. The molecule has 0 radical (unpaired) electrons. The summed E-state index contributed by atoms with van der Waals surface area (Å²) in [6.07, 6.45) is 0.833. The molecule has 0 aromatic rings. The van der Waals surface area contributed by atoms with Crippen LogP contribution in [0.1, 0.15) is 89.5 Å². The summed E-state index contributed by atoms with van der Waals surface area (Å²) in [5.74, 6) is 0.382. The third-order valence-electron chi connectivity index (χ3n) is 3.70. The first kappa shape index (κ1) is 24.5. The molecule has 0 bridgehead atoms. The van der Waals surface area contributed by atoms with Gasteiger partial charge in [0.05, 0.1) is 11.1 Å². The van der Waals surface area contributed by atoms with E-state index >= 15 is 0 Å². The van der Waals surface area contributed by atoms with Gasteiger partial charge in [-0.25, -0.2) is 0 Å². The average Bonchev–Trinajstić information content (AvgIpc) is 2.23. The highest BCUT2D eigenvalue weighted by Crippen LogP contribution is 2.15. The second-order valence-electron chi connectivity index (χ2n) is 9.17. The van der Waals surface area contributed by atoms with Crippen molar-refractivity contribution in [2.24, 2.45) is 0 Å². The molecule has 0 spiro atoms. The van der Waals surface area contributed by atoms with E-state index in [1.807, 2.05) is 27.7 Å². The van der Waals surface area contributed by atoms with E-state index in [4.69, 9.17) is 0 Å². The molecule has 1 atom stereocenters. The molecule has 0 heterocycles. The minimum absolute atomic E-state index is 0.00354. The number of carbonyl (C=O) groups is 2. The summed E-state index contributed by atoms with van der Waals surface area (Å²) in [6.45, 7) is 23.4. The standard InChI is InChI=1S/C10H21NO.C9H19NO/c1-7-10(6,8(2)12)11-9(3,4)5;1-7(11)9(5,6)10-8(2,3)4/h11H,7H2,1-6H3;10H,1-6H3. The molecular formula is C19H40N2O2. The van der Waals surface area contributed by atoms with Gasteiger partial charge in [0, 0.05) is 11.1 Å². The smallest absolute Gasteiger partial charge is 0.149 e. The minimum Gasteiger partial charge on any atom is -0.301 e. The fourth-order valence-corrected chi connectivity index (χ4v) is 2.28. The lowest BCUT2D eigenvalue weighted by atomic mass is 9.90. The first-order valence-corrected chi connectivity index (χ1v) is 8.47. The van der Waals surface area contributed by atoms with E-state index < -0.39 is 5.54 Å². The van der Waals surface area contributed by atoms with Crippen molar-refractivity contribution in [2.75, 3.05) is 0 Å². The Kier molecular flexibility index (Phi) is 8.94. The zero-order chi connectivity index (χ0) is 19.3. The zero-order valence-corrected chi connectivity index (χ0v) is 17.5. The van der Waals surface area contributed by atoms with Crippen molar-refractivity contribution in [3.05, 3.63) is 0 Å². The van der Waals surface area contributed by atoms with Crippen molar-refractivity contribution < 1.29 is 9.59 Å². The predicted molar refractivity (Wildman–Crippen MR) is 99.9 cm³/mol. The van der Waals surface area contributed by atoms with Crippen LogP contribution in [0.25, 0.3) is 0 Å². The van der Waals surface area contributed by atoms with Crippen LogP contribution in [0.4, 0.5) is 0 Å². The van der Waals surface area contributed by atoms with Gasteiger partial charge in [-0.15, -0.1) is 0 Å². The first-order valence-electron chi connectivity index (χ1n) is 8.47. The van der Waals surface area contributed by atoms with Crippen molar-refractivity contribution in [3.8, 4) is 0 Å². The quantitative estimate of drug-likeness (QED) is 0.804. The van der Waals surface area contributed by atoms with Gasteiger partial charge in [0.25, 0.3) is 0 Å². The maximum Gasteiger partial charge on any atom is 0.149 e. The predicted octanol–water partition coefficient (Wildman–Crippen LogP) is 3.87. The van der Waals surface area contributed by atoms with Crippen LogP contribution in [0.2, 0.25) is 0 Å². The molecule has 0 amide bonds. The van der Waals surface area contributed by atoms with Crippen LogP contribution in [-0.2, 0) is 9.59 Å². The Morgan fingerprint density at radius 2 is 1.04 bits per heavy atom. The average molecular weight is 329 g/mol. The van der Waals surface area contributed by atoms with Crippen molar-refractivity contribution in [3.63, 3.8) is 0 Å². The number of hydrogen-bond acceptors (Lipinski definition) is 4. The fourth-order valence-electron chi connectivity index (χ4n) is 2.28. The highest BCUT2D eigenvalue weighted by atomic mass is 16.1. The van der Waals surface area contributed by atoms with Gasteiger partial charge in [0.15, 0.2) is 0 Å². The second-order valence-corrected chi connectivity index (χ2v) is 9.17. The molecule has 138 valence electrons. The summed E-state index contributed by atoms with van der Waals surface area (Å²) < 4.78 is 0. The van der Waals surface area contributed by atoms with Crippen LogP contribution < -0.4 is 10.6 Å². The molecule has 4 nitrogen and oxygen atoms in total. The minimum atomic E-state index is -0.405. The first-order chi connectivity index (χ1) is 9.86. The molecule has 2 N–H and O–H groups in total. The summed E-state index contributed by atoms with van der Waals surface area (Å²) in [6, 6.07) is 0. The molecule has 1 unspecified atom stereocenters. The third kappa shape index (κ3) is 11.4. The zero-order valence-electron chi connectivity index (χ0n) is 17.5. The van der Waals surface area contributed by atoms with E-state index in [-0.39, 0.29) is 28.2 Å². The Hall–Kier alpha value is -0.740. The molecular weight excluding hydrogens is 288 g/mol. The summed E-state index contributed by atoms with van der Waals surface area (Å²) >= 11 is 0. The molecule has 0 saturated carbocycles. The Morgan fingerprint density at radius 3 is 1.13 bits per heavy atom. The Labute approximate surface area is 144 Å². The van der Waals surface area contributed by atoms with Gasteiger partial charge in [-0.1, -0.05) is 6.92 Å². The van der Waals surface area contributed by atoms with Crippen molar-refractivity contribution in [1.82, 2.24) is 10.6 Å². The van der Waals surface area contributed by atoms with E-state index in [0.717, 1.165) is 6.42 Å². The topological polar surface area (TPSA) is 58.2 Å². The summed E-state index contributed by atoms with van der Waals surface area (Å²) in [5.41, 5.74) is -0.776. The number of hydrogen-bond donors (Lipinski definition) is 2. The summed E-state index contributed by atoms with van der Waals surface area (Å²) in [7, 11) is 0. The van der Waals surface area contributed by atoms with Gasteiger partial charge >= 0.3 is 0 Å². The lowest BCUT2D eigenvalue weighted by Gasteiger charge is -2.35. The largest absolute Gasteiger partial charge is 0.301 e. The van der Waals surface area contributed by atoms with Crippen molar-refractivity contribution in [1.29, 1.82) is 0 Å². The summed E-state index contributed by atoms with van der Waals surface area (Å²) in [5, 5.41) is 6.58. The van der Waals surface area contributed by atoms with Gasteiger partial charge < -0.3 is 10.6 Å². The van der Waals surface area contributed by atoms with E-state index in [2.05, 4.69) is 52.2 Å². The van der Waals surface area contributed by atoms with Crippen LogP contribution in [0.3, 0.4) is 0 Å². The van der Waals surface area contributed by atoms with E-state index in [1.165, 1.54) is 0 Å². The Morgan fingerprint density at radius 1 is 0.696 bits per heavy atom. The van der Waals surface area contributed by atoms with Crippen LogP contribution in [0.15, 0.2) is 0 Å². The number of nitrogens with one attached hydrogen (secondary N) is 2. The molecule has 4 heteroatoms. The number of rotatable bonds is 5. The monoisotopic (exact) mass is 328 g/mol. The second kappa shape index (κ2) is 8.39. The summed E-state index contributed by atoms with van der Waals surface area (Å²) in [4.78, 5) is 22.4. The Balaban J connectivity index is 0. The van der Waals surface area contributed by atoms with Gasteiger partial charge in [-0.05, 0) is 82.6 Å². The molecule has 0 saturated heterocycles. The number of carbonyl (C=O) groups excluding carboxylic acids is 2. The maximum absolute atomic E-state index is 11.3. The van der Waals surface area contributed by atoms with Crippen molar-refractivity contribution in [2.45, 2.75) is 112 Å². The molecule has 0 fully saturated rings. The van der Waals surface area contributed by atoms with Gasteiger partial charge in [0.1, 0.15) is 11.6 Å². The van der Waals surface area contributed by atoms with Gasteiger partial charge in [0.2, 0.25) is 0 Å². The number of Topliss-reactive ketones (excluding diaryl/α,β-unsaturated/α-hetero) is 2. The molecule has 0 aliphatic rings. The van der Waals surface area contributed by atoms with Crippen LogP contribution in [-0.4, -0.2) is 33.7 Å². The third-order valence-corrected chi connectivity index (χ3v) is 3.70. The van der Waals surface area contributed by atoms with E-state index in [9.17, 15) is 9.59 Å². The normalized spacial score (nSPS) is 15.3. The van der Waals surface area contributed by atoms with E-state index in [0.29, 0.717) is 0 Å². The highest BCUT2D eigenvalue weighted by molar-refractivity contribution is 5.85. The SMILES string of the molecule is CC(=O)C(C)(C)NC(C)(C)C.CCC(C)(NC(C)(C)C)C(C)=O. The molecule has 23 heavy (non-hydrogen) atoms. The molecule has 0 aromatic carbocycles. The van der Waals surface area contributed by atoms with Crippen LogP contribution in [0, 0.1) is 0 Å². The Bertz CT molecular complexity index is 401. The fraction of sp³-hybridized carbons (Fsp3) is 0.895. The molecule has 0 aromatic heterocycles. The van der Waals surface area contributed by atoms with Crippen LogP contribution in [0.5, 0.6) is 0 Å². The van der Waals surface area contributed by atoms with Gasteiger partial charge in [-0.3, -0.25) is 9.59 Å². The van der Waals surface area contributed by atoms with Gasteiger partial charge in [-0.2, -0.15) is 0 Å². The van der Waals surface area contributed by atoms with Crippen molar-refractivity contribution >= 4 is 11.6 Å².